The lowest BCUT2D eigenvalue weighted by molar-refractivity contribution is 0.374. The van der Waals surface area contributed by atoms with E-state index in [1.54, 1.807) is 0 Å². The van der Waals surface area contributed by atoms with Crippen molar-refractivity contribution in [1.29, 1.82) is 0 Å². The van der Waals surface area contributed by atoms with Crippen molar-refractivity contribution in [3.63, 3.8) is 0 Å². The molecule has 0 bridgehead atoms. The van der Waals surface area contributed by atoms with Crippen LogP contribution >= 0.6 is 0 Å². The van der Waals surface area contributed by atoms with Gasteiger partial charge in [-0.1, -0.05) is 164 Å². The van der Waals surface area contributed by atoms with Gasteiger partial charge in [0.1, 0.15) is 11.5 Å². The first kappa shape index (κ1) is 35.9. The molecule has 0 saturated heterocycles. The Bertz CT molecular complexity index is 3370. The number of hydrogen-bond donors (Lipinski definition) is 0. The van der Waals surface area contributed by atoms with E-state index in [2.05, 4.69) is 199 Å². The van der Waals surface area contributed by atoms with Crippen molar-refractivity contribution >= 4 is 17.0 Å². The molecule has 7 aromatic carbocycles. The second-order valence-electron chi connectivity index (χ2n) is 17.1. The van der Waals surface area contributed by atoms with Crippen LogP contribution < -0.4 is 4.74 Å². The van der Waals surface area contributed by atoms with Gasteiger partial charge in [0, 0.05) is 62.0 Å². The Morgan fingerprint density at radius 3 is 2.06 bits per heavy atom. The van der Waals surface area contributed by atoms with Crippen LogP contribution in [0.1, 0.15) is 45.8 Å². The Hall–Kier alpha value is -7.82. The molecule has 4 heteroatoms. The van der Waals surface area contributed by atoms with Crippen LogP contribution in [0.3, 0.4) is 0 Å². The summed E-state index contributed by atoms with van der Waals surface area (Å²) in [6, 6.07) is 63.3. The number of fused-ring (bicyclic) bond motifs is 12. The molecule has 4 nitrogen and oxygen atoms in total. The number of benzene rings is 7. The average Bonchev–Trinajstić information content (AvgIpc) is 3.85. The molecule has 0 radical (unpaired) electrons. The summed E-state index contributed by atoms with van der Waals surface area (Å²) >= 11 is 0. The van der Waals surface area contributed by atoms with Crippen molar-refractivity contribution in [2.24, 2.45) is 5.92 Å². The van der Waals surface area contributed by atoms with Gasteiger partial charge in [-0.05, 0) is 83.6 Å². The minimum atomic E-state index is -0.443. The van der Waals surface area contributed by atoms with E-state index in [1.165, 1.54) is 50.1 Å². The molecule has 3 unspecified atom stereocenters. The summed E-state index contributed by atoms with van der Waals surface area (Å²) in [6.07, 6.45) is 15.9. The molecule has 3 atom stereocenters. The van der Waals surface area contributed by atoms with Gasteiger partial charge in [-0.15, -0.1) is 0 Å². The van der Waals surface area contributed by atoms with Crippen molar-refractivity contribution in [3.05, 3.63) is 240 Å². The number of aromatic nitrogens is 3. The third-order valence-corrected chi connectivity index (χ3v) is 13.9. The quantitative estimate of drug-likeness (QED) is 0.174. The van der Waals surface area contributed by atoms with Crippen LogP contribution in [-0.4, -0.2) is 14.5 Å². The second-order valence-corrected chi connectivity index (χ2v) is 17.1. The van der Waals surface area contributed by atoms with Crippen molar-refractivity contribution in [2.75, 3.05) is 0 Å². The maximum absolute atomic E-state index is 6.77. The minimum Gasteiger partial charge on any atom is -0.457 e. The van der Waals surface area contributed by atoms with Crippen molar-refractivity contribution < 1.29 is 4.74 Å². The zero-order valence-corrected chi connectivity index (χ0v) is 34.5. The molecule has 298 valence electrons. The smallest absolute Gasteiger partial charge is 0.160 e. The van der Waals surface area contributed by atoms with Gasteiger partial charge in [-0.3, -0.25) is 0 Å². The summed E-state index contributed by atoms with van der Waals surface area (Å²) in [6.45, 7) is 0. The van der Waals surface area contributed by atoms with Crippen LogP contribution in [0.25, 0.3) is 67.7 Å². The summed E-state index contributed by atoms with van der Waals surface area (Å²) in [4.78, 5) is 10.5. The fourth-order valence-electron chi connectivity index (χ4n) is 11.1. The first-order valence-electron chi connectivity index (χ1n) is 22.0. The molecule has 0 N–H and O–H groups in total. The Morgan fingerprint density at radius 1 is 0.540 bits per heavy atom. The summed E-state index contributed by atoms with van der Waals surface area (Å²) in [5.41, 5.74) is 16.9. The van der Waals surface area contributed by atoms with Gasteiger partial charge < -0.3 is 9.30 Å². The molecule has 2 aromatic heterocycles. The van der Waals surface area contributed by atoms with E-state index in [-0.39, 0.29) is 11.8 Å². The van der Waals surface area contributed by atoms with Gasteiger partial charge in [-0.25, -0.2) is 9.97 Å². The van der Waals surface area contributed by atoms with Gasteiger partial charge in [0.05, 0.1) is 22.3 Å². The monoisotopic (exact) mass is 807 g/mol. The molecular formula is C59H41N3O. The summed E-state index contributed by atoms with van der Waals surface area (Å²) in [5.74, 6) is 2.93. The third-order valence-electron chi connectivity index (χ3n) is 13.9. The molecule has 0 saturated carbocycles. The Kier molecular flexibility index (Phi) is 8.04. The molecule has 13 rings (SSSR count). The maximum Gasteiger partial charge on any atom is 0.160 e. The van der Waals surface area contributed by atoms with Crippen LogP contribution in [0, 0.1) is 5.92 Å². The zero-order chi connectivity index (χ0) is 41.5. The van der Waals surface area contributed by atoms with E-state index in [4.69, 9.17) is 14.7 Å². The van der Waals surface area contributed by atoms with Gasteiger partial charge in [0.15, 0.2) is 5.82 Å². The Balaban J connectivity index is 0.902. The molecule has 63 heavy (non-hydrogen) atoms. The molecule has 0 amide bonds. The highest BCUT2D eigenvalue weighted by Crippen LogP contribution is 2.64. The minimum absolute atomic E-state index is 0.186. The molecule has 0 fully saturated rings. The van der Waals surface area contributed by atoms with E-state index >= 15 is 0 Å². The number of nitrogens with zero attached hydrogens (tertiary/aromatic N) is 3. The molecule has 9 aromatic rings. The molecule has 4 aliphatic rings. The first-order chi connectivity index (χ1) is 31.2. The van der Waals surface area contributed by atoms with Crippen LogP contribution in [0.4, 0.5) is 0 Å². The maximum atomic E-state index is 6.77. The van der Waals surface area contributed by atoms with Crippen LogP contribution in [-0.2, 0) is 11.8 Å². The van der Waals surface area contributed by atoms with Crippen molar-refractivity contribution in [2.45, 2.75) is 24.2 Å². The van der Waals surface area contributed by atoms with Crippen molar-refractivity contribution in [3.8, 4) is 62.2 Å². The zero-order valence-electron chi connectivity index (χ0n) is 34.5. The fourth-order valence-corrected chi connectivity index (χ4v) is 11.1. The number of ether oxygens (including phenoxy) is 1. The number of hydrogen-bond acceptors (Lipinski definition) is 3. The normalized spacial score (nSPS) is 18.7. The van der Waals surface area contributed by atoms with Crippen molar-refractivity contribution in [1.82, 2.24) is 14.5 Å². The van der Waals surface area contributed by atoms with Gasteiger partial charge in [0.25, 0.3) is 0 Å². The Labute approximate surface area is 366 Å². The van der Waals surface area contributed by atoms with E-state index in [0.717, 1.165) is 63.5 Å². The molecule has 3 heterocycles. The lowest BCUT2D eigenvalue weighted by Crippen LogP contribution is -2.37. The van der Waals surface area contributed by atoms with Gasteiger partial charge in [0.2, 0.25) is 0 Å². The highest BCUT2D eigenvalue weighted by Gasteiger charge is 2.56. The largest absolute Gasteiger partial charge is 0.457 e. The number of rotatable bonds is 5. The highest BCUT2D eigenvalue weighted by atomic mass is 16.5. The molecule has 1 spiro atoms. The standard InChI is InChI=1S/C59H41N3O/c1-2-14-41(15-3-1)58-60-52(40-28-26-38(27-29-40)39-30-33-43(34-31-39)62-54-23-11-6-18-46(54)47-19-7-12-24-55(47)62)37-53(61-58)42-32-35-57-51(36-42)59(50-22-10-13-25-56(50)63-57)48-20-8-4-16-44(48)45-17-5-9-21-49(45)59/h1-11,13-23,25-37,44,48H,12,24H2. The lowest BCUT2D eigenvalue weighted by Gasteiger charge is -2.43. The van der Waals surface area contributed by atoms with Crippen LogP contribution in [0.5, 0.6) is 11.5 Å². The summed E-state index contributed by atoms with van der Waals surface area (Å²) in [5, 5.41) is 1.31. The molecule has 1 aliphatic heterocycles. The van der Waals surface area contributed by atoms with Gasteiger partial charge >= 0.3 is 0 Å². The topological polar surface area (TPSA) is 39.9 Å². The summed E-state index contributed by atoms with van der Waals surface area (Å²) in [7, 11) is 0. The SMILES string of the molecule is C1=CC2c3ccccc3C3(c4ccccc4Oc4ccc(-c5cc(-c6ccc(-c7ccc(-n8c9c(c%10ccccc%108)C=CCC9)cc7)cc6)nc(-c6ccccc6)n5)cc43)C2C=C1. The van der Waals surface area contributed by atoms with E-state index in [1.807, 2.05) is 18.2 Å². The molecular weight excluding hydrogens is 767 g/mol. The average molecular weight is 808 g/mol. The predicted octanol–water partition coefficient (Wildman–Crippen LogP) is 14.3. The number of allylic oxidation sites excluding steroid dienone is 5. The first-order valence-corrected chi connectivity index (χ1v) is 22.0. The summed E-state index contributed by atoms with van der Waals surface area (Å²) < 4.78 is 9.21. The number of para-hydroxylation sites is 2. The van der Waals surface area contributed by atoms with Gasteiger partial charge in [-0.2, -0.15) is 0 Å². The third kappa shape index (κ3) is 5.47. The lowest BCUT2D eigenvalue weighted by atomic mass is 9.61. The highest BCUT2D eigenvalue weighted by molar-refractivity contribution is 5.93. The predicted molar refractivity (Wildman–Crippen MR) is 255 cm³/mol. The Morgan fingerprint density at radius 2 is 1.21 bits per heavy atom. The van der Waals surface area contributed by atoms with E-state index < -0.39 is 5.41 Å². The fraction of sp³-hybridized carbons (Fsp3) is 0.0847. The van der Waals surface area contributed by atoms with Crippen LogP contribution in [0.2, 0.25) is 0 Å². The van der Waals surface area contributed by atoms with E-state index in [9.17, 15) is 0 Å². The second kappa shape index (κ2) is 14.1. The van der Waals surface area contributed by atoms with Crippen LogP contribution in [0.15, 0.2) is 206 Å². The van der Waals surface area contributed by atoms with E-state index in [0.29, 0.717) is 5.82 Å². The molecule has 3 aliphatic carbocycles.